The van der Waals surface area contributed by atoms with Gasteiger partial charge < -0.3 is 11.1 Å². The van der Waals surface area contributed by atoms with Gasteiger partial charge in [-0.15, -0.1) is 12.4 Å². The first-order chi connectivity index (χ1) is 9.19. The normalized spacial score (nSPS) is 9.90. The molecule has 108 valence electrons. The van der Waals surface area contributed by atoms with Gasteiger partial charge in [0, 0.05) is 17.7 Å². The van der Waals surface area contributed by atoms with Crippen LogP contribution in [0, 0.1) is 6.92 Å². The predicted octanol–water partition coefficient (Wildman–Crippen LogP) is 1.88. The predicted molar refractivity (Wildman–Crippen MR) is 80.7 cm³/mol. The van der Waals surface area contributed by atoms with Gasteiger partial charge in [0.05, 0.1) is 0 Å². The largest absolute Gasteiger partial charge is 0.330 e. The molecule has 0 atom stereocenters. The Balaban J connectivity index is 0.00000200. The number of nitrogens with two attached hydrogens (primary N) is 1. The monoisotopic (exact) mass is 295 g/mol. The Kier molecular flexibility index (Phi) is 6.14. The summed E-state index contributed by atoms with van der Waals surface area (Å²) in [6.07, 6.45) is 1.12. The van der Waals surface area contributed by atoms with Gasteiger partial charge in [-0.1, -0.05) is 12.1 Å². The number of H-pyrrole nitrogens is 1. The second kappa shape index (κ2) is 7.62. The molecule has 0 aliphatic rings. The molecular formula is C13H18ClN5O. The molecule has 4 N–H and O–H groups in total. The number of amides is 1. The zero-order valence-corrected chi connectivity index (χ0v) is 12.0. The van der Waals surface area contributed by atoms with Crippen LogP contribution in [0.5, 0.6) is 0 Å². The van der Waals surface area contributed by atoms with Crippen LogP contribution in [0.4, 0.5) is 5.69 Å². The number of hydrogen-bond donors (Lipinski definition) is 3. The highest BCUT2D eigenvalue weighted by atomic mass is 35.5. The number of carbonyl (C=O) groups excluding carboxylic acids is 1. The molecule has 1 aromatic carbocycles. The van der Waals surface area contributed by atoms with Gasteiger partial charge in [-0.2, -0.15) is 5.10 Å². The number of aromatic amines is 1. The van der Waals surface area contributed by atoms with E-state index in [-0.39, 0.29) is 18.3 Å². The van der Waals surface area contributed by atoms with Gasteiger partial charge in [0.15, 0.2) is 5.82 Å². The van der Waals surface area contributed by atoms with Crippen LogP contribution in [0.15, 0.2) is 24.3 Å². The van der Waals surface area contributed by atoms with Crippen molar-refractivity contribution in [3.63, 3.8) is 0 Å². The van der Waals surface area contributed by atoms with Gasteiger partial charge in [-0.25, -0.2) is 4.98 Å². The van der Waals surface area contributed by atoms with Crippen molar-refractivity contribution in [2.24, 2.45) is 5.73 Å². The smallest absolute Gasteiger partial charge is 0.224 e. The highest BCUT2D eigenvalue weighted by Crippen LogP contribution is 2.19. The summed E-state index contributed by atoms with van der Waals surface area (Å²) in [5, 5.41) is 9.72. The van der Waals surface area contributed by atoms with Crippen molar-refractivity contribution < 1.29 is 4.79 Å². The van der Waals surface area contributed by atoms with Gasteiger partial charge in [0.1, 0.15) is 5.82 Å². The van der Waals surface area contributed by atoms with Gasteiger partial charge in [0.25, 0.3) is 0 Å². The minimum absolute atomic E-state index is 0. The molecule has 0 aliphatic carbocycles. The van der Waals surface area contributed by atoms with Crippen molar-refractivity contribution in [2.45, 2.75) is 19.8 Å². The molecule has 0 aliphatic heterocycles. The number of anilines is 1. The van der Waals surface area contributed by atoms with Crippen LogP contribution in [-0.4, -0.2) is 27.6 Å². The van der Waals surface area contributed by atoms with Crippen molar-refractivity contribution in [3.8, 4) is 11.4 Å². The number of halogens is 1. The zero-order valence-electron chi connectivity index (χ0n) is 11.2. The second-order valence-corrected chi connectivity index (χ2v) is 4.27. The van der Waals surface area contributed by atoms with Crippen molar-refractivity contribution in [3.05, 3.63) is 30.1 Å². The Morgan fingerprint density at radius 2 is 2.25 bits per heavy atom. The van der Waals surface area contributed by atoms with E-state index in [1.165, 1.54) is 0 Å². The van der Waals surface area contributed by atoms with Crippen molar-refractivity contribution >= 4 is 24.0 Å². The molecule has 2 aromatic rings. The van der Waals surface area contributed by atoms with Crippen LogP contribution >= 0.6 is 12.4 Å². The molecule has 1 aromatic heterocycles. The van der Waals surface area contributed by atoms with Crippen molar-refractivity contribution in [1.29, 1.82) is 0 Å². The third-order valence-electron chi connectivity index (χ3n) is 2.61. The van der Waals surface area contributed by atoms with E-state index < -0.39 is 0 Å². The van der Waals surface area contributed by atoms with Crippen LogP contribution in [0.2, 0.25) is 0 Å². The Labute approximate surface area is 123 Å². The summed E-state index contributed by atoms with van der Waals surface area (Å²) in [7, 11) is 0. The number of rotatable bonds is 5. The van der Waals surface area contributed by atoms with Gasteiger partial charge in [0.2, 0.25) is 5.91 Å². The summed E-state index contributed by atoms with van der Waals surface area (Å²) < 4.78 is 0. The fourth-order valence-electron chi connectivity index (χ4n) is 1.69. The topological polar surface area (TPSA) is 96.7 Å². The van der Waals surface area contributed by atoms with Crippen LogP contribution < -0.4 is 11.1 Å². The highest BCUT2D eigenvalue weighted by molar-refractivity contribution is 5.91. The average Bonchev–Trinajstić information content (AvgIpc) is 2.83. The molecule has 7 heteroatoms. The third kappa shape index (κ3) is 4.32. The minimum atomic E-state index is -0.0335. The molecule has 0 radical (unpaired) electrons. The van der Waals surface area contributed by atoms with E-state index in [0.29, 0.717) is 25.2 Å². The third-order valence-corrected chi connectivity index (χ3v) is 2.61. The number of aromatic nitrogens is 3. The molecule has 1 heterocycles. The standard InChI is InChI=1S/C13H17N5O.ClH/c1-9-15-13(18-17-9)10-4-2-5-11(8-10)16-12(19)6-3-7-14;/h2,4-5,8H,3,6-7,14H2,1H3,(H,16,19)(H,15,17,18);1H. The fraction of sp³-hybridized carbons (Fsp3) is 0.308. The molecule has 6 nitrogen and oxygen atoms in total. The summed E-state index contributed by atoms with van der Waals surface area (Å²) in [5.41, 5.74) is 6.97. The first kappa shape index (κ1) is 16.1. The lowest BCUT2D eigenvalue weighted by atomic mass is 10.2. The summed E-state index contributed by atoms with van der Waals surface area (Å²) in [6.45, 7) is 2.36. The number of carbonyl (C=O) groups is 1. The quantitative estimate of drug-likeness (QED) is 0.784. The minimum Gasteiger partial charge on any atom is -0.330 e. The van der Waals surface area contributed by atoms with E-state index in [0.717, 1.165) is 17.1 Å². The molecule has 0 saturated heterocycles. The maximum absolute atomic E-state index is 11.6. The van der Waals surface area contributed by atoms with E-state index >= 15 is 0 Å². The lowest BCUT2D eigenvalue weighted by Gasteiger charge is -2.05. The average molecular weight is 296 g/mol. The molecule has 20 heavy (non-hydrogen) atoms. The number of nitrogens with zero attached hydrogens (tertiary/aromatic N) is 2. The van der Waals surface area contributed by atoms with Crippen LogP contribution in [0.25, 0.3) is 11.4 Å². The molecule has 0 fully saturated rings. The van der Waals surface area contributed by atoms with Gasteiger partial charge in [-0.05, 0) is 32.0 Å². The van der Waals surface area contributed by atoms with Gasteiger partial charge in [-0.3, -0.25) is 9.89 Å². The number of nitrogens with one attached hydrogen (secondary N) is 2. The van der Waals surface area contributed by atoms with E-state index in [1.54, 1.807) is 0 Å². The van der Waals surface area contributed by atoms with Crippen LogP contribution in [-0.2, 0) is 4.79 Å². The molecule has 2 rings (SSSR count). The molecule has 1 amide bonds. The fourth-order valence-corrected chi connectivity index (χ4v) is 1.69. The Morgan fingerprint density at radius 3 is 2.90 bits per heavy atom. The lowest BCUT2D eigenvalue weighted by molar-refractivity contribution is -0.116. The SMILES string of the molecule is Cc1nc(-c2cccc(NC(=O)CCCN)c2)n[nH]1.Cl. The van der Waals surface area contributed by atoms with E-state index in [2.05, 4.69) is 20.5 Å². The molecular weight excluding hydrogens is 278 g/mol. The maximum atomic E-state index is 11.6. The van der Waals surface area contributed by atoms with Crippen molar-refractivity contribution in [1.82, 2.24) is 15.2 Å². The number of benzene rings is 1. The Bertz CT molecular complexity index is 569. The molecule has 0 bridgehead atoms. The summed E-state index contributed by atoms with van der Waals surface area (Å²) in [5.74, 6) is 1.34. The van der Waals surface area contributed by atoms with Crippen molar-refractivity contribution in [2.75, 3.05) is 11.9 Å². The number of aryl methyl sites for hydroxylation is 1. The van der Waals surface area contributed by atoms with Gasteiger partial charge >= 0.3 is 0 Å². The van der Waals surface area contributed by atoms with E-state index in [4.69, 9.17) is 5.73 Å². The number of hydrogen-bond acceptors (Lipinski definition) is 4. The van der Waals surface area contributed by atoms with E-state index in [1.807, 2.05) is 31.2 Å². The maximum Gasteiger partial charge on any atom is 0.224 e. The summed E-state index contributed by atoms with van der Waals surface area (Å²) in [6, 6.07) is 7.45. The molecule has 0 spiro atoms. The van der Waals surface area contributed by atoms with E-state index in [9.17, 15) is 4.79 Å². The van der Waals surface area contributed by atoms with Crippen LogP contribution in [0.1, 0.15) is 18.7 Å². The molecule has 0 saturated carbocycles. The Hall–Kier alpha value is -1.92. The second-order valence-electron chi connectivity index (χ2n) is 4.27. The summed E-state index contributed by atoms with van der Waals surface area (Å²) >= 11 is 0. The first-order valence-electron chi connectivity index (χ1n) is 6.18. The molecule has 0 unspecified atom stereocenters. The lowest BCUT2D eigenvalue weighted by Crippen LogP contribution is -2.13. The highest BCUT2D eigenvalue weighted by Gasteiger charge is 2.06. The Morgan fingerprint density at radius 1 is 1.45 bits per heavy atom. The zero-order chi connectivity index (χ0) is 13.7. The van der Waals surface area contributed by atoms with Crippen LogP contribution in [0.3, 0.4) is 0 Å². The summed E-state index contributed by atoms with van der Waals surface area (Å²) in [4.78, 5) is 15.9. The first-order valence-corrected chi connectivity index (χ1v) is 6.18.